The van der Waals surface area contributed by atoms with Crippen LogP contribution in [0.3, 0.4) is 0 Å². The Hall–Kier alpha value is -1.81. The van der Waals surface area contributed by atoms with Gasteiger partial charge in [0.1, 0.15) is 5.54 Å². The van der Waals surface area contributed by atoms with Crippen LogP contribution in [-0.4, -0.2) is 18.6 Å². The summed E-state index contributed by atoms with van der Waals surface area (Å²) in [7, 11) is 1.44. The summed E-state index contributed by atoms with van der Waals surface area (Å²) in [6.45, 7) is 0. The van der Waals surface area contributed by atoms with E-state index in [0.717, 1.165) is 10.2 Å². The zero-order valence-electron chi connectivity index (χ0n) is 11.7. The van der Waals surface area contributed by atoms with Crippen LogP contribution in [0.1, 0.15) is 11.1 Å². The Morgan fingerprint density at radius 3 is 2.19 bits per heavy atom. The molecule has 3 nitrogen and oxygen atoms in total. The van der Waals surface area contributed by atoms with Crippen LogP contribution >= 0.6 is 15.9 Å². The molecule has 2 aromatic carbocycles. The average molecular weight is 346 g/mol. The van der Waals surface area contributed by atoms with Crippen molar-refractivity contribution in [1.29, 1.82) is 0 Å². The van der Waals surface area contributed by atoms with Gasteiger partial charge in [0, 0.05) is 23.0 Å². The molecule has 1 N–H and O–H groups in total. The summed E-state index contributed by atoms with van der Waals surface area (Å²) in [5.41, 5.74) is 2.60. The first-order valence-corrected chi connectivity index (χ1v) is 7.61. The van der Waals surface area contributed by atoms with Gasteiger partial charge in [0.25, 0.3) is 0 Å². The minimum absolute atomic E-state index is 0.221. The first-order chi connectivity index (χ1) is 10.1. The van der Waals surface area contributed by atoms with Crippen LogP contribution in [0.15, 0.2) is 53.0 Å². The zero-order valence-corrected chi connectivity index (χ0v) is 13.3. The highest BCUT2D eigenvalue weighted by Gasteiger charge is 2.44. The molecule has 0 amide bonds. The summed E-state index contributed by atoms with van der Waals surface area (Å²) >= 11 is 3.42. The maximum Gasteiger partial charge on any atom is 0.332 e. The summed E-state index contributed by atoms with van der Waals surface area (Å²) in [5.74, 6) is -0.221. The predicted molar refractivity (Wildman–Crippen MR) is 86.4 cm³/mol. The quantitative estimate of drug-likeness (QED) is 0.864. The van der Waals surface area contributed by atoms with E-state index in [2.05, 4.69) is 33.4 Å². The Bertz CT molecular complexity index is 642. The maximum atomic E-state index is 12.4. The van der Waals surface area contributed by atoms with Crippen LogP contribution in [0.4, 0.5) is 5.69 Å². The van der Waals surface area contributed by atoms with Crippen molar-refractivity contribution in [2.45, 2.75) is 18.4 Å². The first kappa shape index (κ1) is 14.1. The molecule has 3 rings (SSSR count). The number of fused-ring (bicyclic) bond motifs is 1. The smallest absolute Gasteiger partial charge is 0.332 e. The molecule has 2 aromatic rings. The molecule has 0 heterocycles. The second kappa shape index (κ2) is 5.53. The first-order valence-electron chi connectivity index (χ1n) is 6.82. The molecular formula is C17H16BrNO2. The molecule has 0 bridgehead atoms. The molecular weight excluding hydrogens is 330 g/mol. The lowest BCUT2D eigenvalue weighted by Gasteiger charge is -2.28. The molecule has 0 unspecified atom stereocenters. The van der Waals surface area contributed by atoms with E-state index >= 15 is 0 Å². The van der Waals surface area contributed by atoms with Crippen LogP contribution < -0.4 is 5.32 Å². The molecule has 108 valence electrons. The molecule has 0 saturated heterocycles. The number of anilines is 1. The molecule has 1 aliphatic carbocycles. The lowest BCUT2D eigenvalue weighted by atomic mass is 9.95. The normalized spacial score (nSPS) is 15.3. The topological polar surface area (TPSA) is 38.3 Å². The van der Waals surface area contributed by atoms with Crippen LogP contribution in [-0.2, 0) is 22.4 Å². The highest BCUT2D eigenvalue weighted by molar-refractivity contribution is 9.10. The van der Waals surface area contributed by atoms with Crippen molar-refractivity contribution in [3.8, 4) is 0 Å². The molecule has 0 spiro atoms. The largest absolute Gasteiger partial charge is 0.467 e. The fourth-order valence-electron chi connectivity index (χ4n) is 2.90. The zero-order chi connectivity index (χ0) is 14.9. The Labute approximate surface area is 132 Å². The van der Waals surface area contributed by atoms with Gasteiger partial charge in [-0.15, -0.1) is 0 Å². The monoisotopic (exact) mass is 345 g/mol. The van der Waals surface area contributed by atoms with Crippen molar-refractivity contribution in [2.24, 2.45) is 0 Å². The van der Waals surface area contributed by atoms with Gasteiger partial charge in [0.2, 0.25) is 0 Å². The second-order valence-electron chi connectivity index (χ2n) is 5.33. The number of methoxy groups -OCH3 is 1. The second-order valence-corrected chi connectivity index (χ2v) is 6.24. The van der Waals surface area contributed by atoms with Gasteiger partial charge in [-0.05, 0) is 35.4 Å². The number of hydrogen-bond donors (Lipinski definition) is 1. The fourth-order valence-corrected chi connectivity index (χ4v) is 3.17. The number of nitrogens with one attached hydrogen (secondary N) is 1. The van der Waals surface area contributed by atoms with Gasteiger partial charge in [-0.3, -0.25) is 0 Å². The summed E-state index contributed by atoms with van der Waals surface area (Å²) in [4.78, 5) is 12.4. The lowest BCUT2D eigenvalue weighted by molar-refractivity contribution is -0.145. The summed E-state index contributed by atoms with van der Waals surface area (Å²) in [5, 5.41) is 3.38. The van der Waals surface area contributed by atoms with Gasteiger partial charge in [0.15, 0.2) is 0 Å². The van der Waals surface area contributed by atoms with Gasteiger partial charge >= 0.3 is 5.97 Å². The standard InChI is InChI=1S/C17H16BrNO2/c1-21-16(20)17(19-15-8-6-14(18)7-9-15)10-12-4-2-3-5-13(12)11-17/h2-9,19H,10-11H2,1H3. The van der Waals surface area contributed by atoms with E-state index in [0.29, 0.717) is 12.8 Å². The van der Waals surface area contributed by atoms with Gasteiger partial charge in [0.05, 0.1) is 7.11 Å². The SMILES string of the molecule is COC(=O)C1(Nc2ccc(Br)cc2)Cc2ccccc2C1. The molecule has 21 heavy (non-hydrogen) atoms. The molecule has 4 heteroatoms. The minimum atomic E-state index is -0.716. The minimum Gasteiger partial charge on any atom is -0.467 e. The Kier molecular flexibility index (Phi) is 3.72. The van der Waals surface area contributed by atoms with Crippen LogP contribution in [0, 0.1) is 0 Å². The molecule has 0 radical (unpaired) electrons. The summed E-state index contributed by atoms with van der Waals surface area (Å²) in [6.07, 6.45) is 1.29. The molecule has 0 saturated carbocycles. The van der Waals surface area contributed by atoms with Crippen LogP contribution in [0.2, 0.25) is 0 Å². The van der Waals surface area contributed by atoms with Crippen LogP contribution in [0.25, 0.3) is 0 Å². The number of carbonyl (C=O) groups is 1. The molecule has 1 aliphatic rings. The van der Waals surface area contributed by atoms with Crippen LogP contribution in [0.5, 0.6) is 0 Å². The Morgan fingerprint density at radius 2 is 1.67 bits per heavy atom. The number of ether oxygens (including phenoxy) is 1. The number of esters is 1. The van der Waals surface area contributed by atoms with Gasteiger partial charge < -0.3 is 10.1 Å². The molecule has 0 aromatic heterocycles. The van der Waals surface area contributed by atoms with E-state index < -0.39 is 5.54 Å². The Morgan fingerprint density at radius 1 is 1.10 bits per heavy atom. The van der Waals surface area contributed by atoms with Crippen molar-refractivity contribution in [3.05, 3.63) is 64.1 Å². The maximum absolute atomic E-state index is 12.4. The number of carbonyl (C=O) groups excluding carboxylic acids is 1. The van der Waals surface area contributed by atoms with Gasteiger partial charge in [-0.1, -0.05) is 40.2 Å². The van der Waals surface area contributed by atoms with E-state index in [1.54, 1.807) is 0 Å². The molecule has 0 fully saturated rings. The fraction of sp³-hybridized carbons (Fsp3) is 0.235. The molecule has 0 atom stereocenters. The number of rotatable bonds is 3. The Balaban J connectivity index is 1.93. The van der Waals surface area contributed by atoms with Crippen molar-refractivity contribution in [2.75, 3.05) is 12.4 Å². The van der Waals surface area contributed by atoms with Crippen molar-refractivity contribution in [1.82, 2.24) is 0 Å². The number of hydrogen-bond acceptors (Lipinski definition) is 3. The third-order valence-electron chi connectivity index (χ3n) is 3.91. The third-order valence-corrected chi connectivity index (χ3v) is 4.44. The molecule has 0 aliphatic heterocycles. The van der Waals surface area contributed by atoms with E-state index in [4.69, 9.17) is 4.74 Å². The van der Waals surface area contributed by atoms with Crippen molar-refractivity contribution < 1.29 is 9.53 Å². The van der Waals surface area contributed by atoms with Gasteiger partial charge in [-0.2, -0.15) is 0 Å². The summed E-state index contributed by atoms with van der Waals surface area (Å²) in [6, 6.07) is 16.0. The highest BCUT2D eigenvalue weighted by atomic mass is 79.9. The number of halogens is 1. The number of benzene rings is 2. The van der Waals surface area contributed by atoms with E-state index in [1.165, 1.54) is 18.2 Å². The predicted octanol–water partition coefficient (Wildman–Crippen LogP) is 3.57. The van der Waals surface area contributed by atoms with E-state index in [1.807, 2.05) is 36.4 Å². The van der Waals surface area contributed by atoms with E-state index in [-0.39, 0.29) is 5.97 Å². The highest BCUT2D eigenvalue weighted by Crippen LogP contribution is 2.34. The van der Waals surface area contributed by atoms with E-state index in [9.17, 15) is 4.79 Å². The van der Waals surface area contributed by atoms with Gasteiger partial charge in [-0.25, -0.2) is 4.79 Å². The van der Waals surface area contributed by atoms with Crippen molar-refractivity contribution >= 4 is 27.6 Å². The average Bonchev–Trinajstić information content (AvgIpc) is 2.88. The lowest BCUT2D eigenvalue weighted by Crippen LogP contribution is -2.48. The summed E-state index contributed by atoms with van der Waals surface area (Å²) < 4.78 is 6.06. The third kappa shape index (κ3) is 2.68. The van der Waals surface area contributed by atoms with Crippen molar-refractivity contribution in [3.63, 3.8) is 0 Å².